The van der Waals surface area contributed by atoms with Crippen molar-refractivity contribution in [3.63, 3.8) is 0 Å². The van der Waals surface area contributed by atoms with Crippen LogP contribution in [0, 0.1) is 0 Å². The SMILES string of the molecule is CC/C=C\C/C=C\C/C=C\C/C=C\C/C=C\C/C=C\CCCCCCCCC(=O)OCC(COC(=O)CCCCCCC/C=C\CCCCCCC)OC(=O)CCCCCCC/C=C\C/C=C\CCCCCC. The quantitative estimate of drug-likeness (QED) is 0.0261. The van der Waals surface area contributed by atoms with E-state index >= 15 is 0 Å². The van der Waals surface area contributed by atoms with Crippen molar-refractivity contribution < 1.29 is 28.6 Å². The van der Waals surface area contributed by atoms with Crippen LogP contribution in [0.1, 0.15) is 278 Å². The normalized spacial score (nSPS) is 12.9. The summed E-state index contributed by atoms with van der Waals surface area (Å²) in [5.74, 6) is -0.927. The molecule has 0 aliphatic carbocycles. The zero-order valence-corrected chi connectivity index (χ0v) is 47.6. The molecule has 0 saturated heterocycles. The fourth-order valence-electron chi connectivity index (χ4n) is 8.18. The Kier molecular flexibility index (Phi) is 57.4. The van der Waals surface area contributed by atoms with Crippen LogP contribution >= 0.6 is 0 Å². The summed E-state index contributed by atoms with van der Waals surface area (Å²) >= 11 is 0. The molecular weight excluding hydrogens is 901 g/mol. The largest absolute Gasteiger partial charge is 0.462 e. The second kappa shape index (κ2) is 60.6. The zero-order valence-electron chi connectivity index (χ0n) is 47.6. The summed E-state index contributed by atoms with van der Waals surface area (Å²) in [5.41, 5.74) is 0. The molecule has 0 aromatic carbocycles. The smallest absolute Gasteiger partial charge is 0.306 e. The van der Waals surface area contributed by atoms with Crippen molar-refractivity contribution in [1.29, 1.82) is 0 Å². The van der Waals surface area contributed by atoms with Crippen LogP contribution < -0.4 is 0 Å². The van der Waals surface area contributed by atoms with Gasteiger partial charge in [-0.2, -0.15) is 0 Å². The highest BCUT2D eigenvalue weighted by molar-refractivity contribution is 5.71. The molecule has 0 spiro atoms. The van der Waals surface area contributed by atoms with Crippen LogP contribution in [-0.2, 0) is 28.6 Å². The fourth-order valence-corrected chi connectivity index (χ4v) is 8.18. The molecule has 73 heavy (non-hydrogen) atoms. The van der Waals surface area contributed by atoms with Gasteiger partial charge in [0.15, 0.2) is 6.10 Å². The molecule has 0 amide bonds. The lowest BCUT2D eigenvalue weighted by Gasteiger charge is -2.18. The minimum Gasteiger partial charge on any atom is -0.462 e. The van der Waals surface area contributed by atoms with Crippen LogP contribution in [0.3, 0.4) is 0 Å². The van der Waals surface area contributed by atoms with Crippen molar-refractivity contribution in [1.82, 2.24) is 0 Å². The molecule has 1 unspecified atom stereocenters. The maximum absolute atomic E-state index is 12.9. The van der Waals surface area contributed by atoms with Gasteiger partial charge in [-0.05, 0) is 128 Å². The minimum absolute atomic E-state index is 0.0936. The predicted octanol–water partition coefficient (Wildman–Crippen LogP) is 20.7. The second-order valence-corrected chi connectivity index (χ2v) is 19.9. The molecule has 6 heteroatoms. The van der Waals surface area contributed by atoms with Gasteiger partial charge >= 0.3 is 17.9 Å². The van der Waals surface area contributed by atoms with E-state index in [0.717, 1.165) is 141 Å². The van der Waals surface area contributed by atoms with Gasteiger partial charge in [-0.1, -0.05) is 239 Å². The van der Waals surface area contributed by atoms with Crippen LogP contribution in [0.25, 0.3) is 0 Å². The van der Waals surface area contributed by atoms with Gasteiger partial charge in [0, 0.05) is 19.3 Å². The van der Waals surface area contributed by atoms with Crippen molar-refractivity contribution in [3.05, 3.63) is 109 Å². The number of allylic oxidation sites excluding steroid dienone is 18. The van der Waals surface area contributed by atoms with E-state index in [0.29, 0.717) is 19.3 Å². The zero-order chi connectivity index (χ0) is 52.9. The van der Waals surface area contributed by atoms with Crippen molar-refractivity contribution in [2.45, 2.75) is 284 Å². The summed E-state index contributed by atoms with van der Waals surface area (Å²) in [7, 11) is 0. The van der Waals surface area contributed by atoms with Gasteiger partial charge in [0.2, 0.25) is 0 Å². The molecule has 0 aliphatic heterocycles. The Hall–Kier alpha value is -3.93. The lowest BCUT2D eigenvalue weighted by atomic mass is 10.1. The molecule has 0 bridgehead atoms. The molecule has 0 N–H and O–H groups in total. The molecule has 0 saturated carbocycles. The highest BCUT2D eigenvalue weighted by Crippen LogP contribution is 2.14. The van der Waals surface area contributed by atoms with E-state index in [2.05, 4.69) is 130 Å². The number of esters is 3. The Bertz CT molecular complexity index is 1490. The Morgan fingerprint density at radius 1 is 0.288 bits per heavy atom. The van der Waals surface area contributed by atoms with E-state index in [1.165, 1.54) is 96.3 Å². The highest BCUT2D eigenvalue weighted by Gasteiger charge is 2.19. The van der Waals surface area contributed by atoms with E-state index in [9.17, 15) is 14.4 Å². The van der Waals surface area contributed by atoms with E-state index < -0.39 is 6.10 Å². The first kappa shape index (κ1) is 69.1. The minimum atomic E-state index is -0.798. The summed E-state index contributed by atoms with van der Waals surface area (Å²) in [4.78, 5) is 38.2. The monoisotopic (exact) mass is 1010 g/mol. The first-order valence-electron chi connectivity index (χ1n) is 30.4. The van der Waals surface area contributed by atoms with Gasteiger partial charge in [0.1, 0.15) is 13.2 Å². The van der Waals surface area contributed by atoms with Gasteiger partial charge in [-0.15, -0.1) is 0 Å². The van der Waals surface area contributed by atoms with Crippen LogP contribution in [0.2, 0.25) is 0 Å². The van der Waals surface area contributed by atoms with Gasteiger partial charge in [0.25, 0.3) is 0 Å². The summed E-state index contributed by atoms with van der Waals surface area (Å²) < 4.78 is 16.9. The maximum Gasteiger partial charge on any atom is 0.306 e. The predicted molar refractivity (Wildman–Crippen MR) is 316 cm³/mol. The first-order valence-corrected chi connectivity index (χ1v) is 30.4. The molecule has 0 aliphatic rings. The molecule has 1 atom stereocenters. The maximum atomic E-state index is 12.9. The second-order valence-electron chi connectivity index (χ2n) is 19.9. The van der Waals surface area contributed by atoms with Gasteiger partial charge < -0.3 is 14.2 Å². The third-order valence-corrected chi connectivity index (χ3v) is 12.7. The molecule has 0 fully saturated rings. The Morgan fingerprint density at radius 3 is 0.863 bits per heavy atom. The molecule has 0 heterocycles. The number of carbonyl (C=O) groups is 3. The average molecular weight is 1010 g/mol. The van der Waals surface area contributed by atoms with Crippen LogP contribution in [0.5, 0.6) is 0 Å². The standard InChI is InChI=1S/C67H112O6/c1-4-7-10-13-16-19-22-25-28-30-31-32-33-34-35-36-37-38-40-42-45-48-51-54-57-60-66(69)72-63-64(62-71-65(68)59-56-53-50-47-44-41-27-24-21-18-15-12-9-6-3)73-67(70)61-58-55-52-49-46-43-39-29-26-23-20-17-14-11-8-5-2/h7,10,16,19-20,23-25,27-29,31-32,34-35,37-39,64H,4-6,8-9,11-15,17-18,21-22,26,30,33,36,40-63H2,1-3H3/b10-7-,19-16-,23-20-,27-24-,28-25-,32-31-,35-34-,38-37-,39-29-. The van der Waals surface area contributed by atoms with E-state index in [4.69, 9.17) is 14.2 Å². The number of hydrogen-bond acceptors (Lipinski definition) is 6. The molecule has 6 nitrogen and oxygen atoms in total. The number of unbranched alkanes of at least 4 members (excludes halogenated alkanes) is 25. The van der Waals surface area contributed by atoms with Gasteiger partial charge in [-0.3, -0.25) is 14.4 Å². The Morgan fingerprint density at radius 2 is 0.534 bits per heavy atom. The van der Waals surface area contributed by atoms with Crippen molar-refractivity contribution in [3.8, 4) is 0 Å². The number of hydrogen-bond donors (Lipinski definition) is 0. The Balaban J connectivity index is 4.41. The number of carbonyl (C=O) groups excluding carboxylic acids is 3. The lowest BCUT2D eigenvalue weighted by Crippen LogP contribution is -2.30. The summed E-state index contributed by atoms with van der Waals surface area (Å²) in [6.45, 7) is 6.48. The molecule has 0 radical (unpaired) electrons. The Labute approximate surface area is 450 Å². The number of rotatable bonds is 54. The first-order chi connectivity index (χ1) is 36.0. The third-order valence-electron chi connectivity index (χ3n) is 12.7. The fraction of sp³-hybridized carbons (Fsp3) is 0.687. The van der Waals surface area contributed by atoms with Gasteiger partial charge in [0.05, 0.1) is 0 Å². The lowest BCUT2D eigenvalue weighted by molar-refractivity contribution is -0.167. The van der Waals surface area contributed by atoms with Crippen LogP contribution in [-0.4, -0.2) is 37.2 Å². The van der Waals surface area contributed by atoms with E-state index in [-0.39, 0.29) is 31.1 Å². The average Bonchev–Trinajstić information content (AvgIpc) is 3.39. The third kappa shape index (κ3) is 58.8. The highest BCUT2D eigenvalue weighted by atomic mass is 16.6. The van der Waals surface area contributed by atoms with Crippen LogP contribution in [0.4, 0.5) is 0 Å². The van der Waals surface area contributed by atoms with Crippen molar-refractivity contribution >= 4 is 17.9 Å². The molecule has 416 valence electrons. The topological polar surface area (TPSA) is 78.9 Å². The van der Waals surface area contributed by atoms with Crippen molar-refractivity contribution in [2.75, 3.05) is 13.2 Å². The number of ether oxygens (including phenoxy) is 3. The van der Waals surface area contributed by atoms with Crippen LogP contribution in [0.15, 0.2) is 109 Å². The molecule has 0 aromatic rings. The van der Waals surface area contributed by atoms with Crippen molar-refractivity contribution in [2.24, 2.45) is 0 Å². The van der Waals surface area contributed by atoms with Gasteiger partial charge in [-0.25, -0.2) is 0 Å². The molecule has 0 rings (SSSR count). The molecule has 0 aromatic heterocycles. The summed E-state index contributed by atoms with van der Waals surface area (Å²) in [6, 6.07) is 0. The molecular formula is C67H112O6. The summed E-state index contributed by atoms with van der Waals surface area (Å²) in [6.07, 6.45) is 82.2. The van der Waals surface area contributed by atoms with E-state index in [1.54, 1.807) is 0 Å². The summed E-state index contributed by atoms with van der Waals surface area (Å²) in [5, 5.41) is 0. The van der Waals surface area contributed by atoms with E-state index in [1.807, 2.05) is 0 Å².